The second-order valence-electron chi connectivity index (χ2n) is 4.05. The van der Waals surface area contributed by atoms with Gasteiger partial charge in [-0.3, -0.25) is 4.98 Å². The summed E-state index contributed by atoms with van der Waals surface area (Å²) in [5.74, 6) is 0. The highest BCUT2D eigenvalue weighted by molar-refractivity contribution is 5.87. The van der Waals surface area contributed by atoms with Crippen molar-refractivity contribution in [2.24, 2.45) is 0 Å². The molecule has 0 fully saturated rings. The molecular formula is C15H19NO2. The zero-order valence-electron chi connectivity index (χ0n) is 11.0. The van der Waals surface area contributed by atoms with Crippen LogP contribution in [0.5, 0.6) is 0 Å². The van der Waals surface area contributed by atoms with Crippen molar-refractivity contribution < 1.29 is 9.47 Å². The van der Waals surface area contributed by atoms with Crippen LogP contribution in [0, 0.1) is 0 Å². The summed E-state index contributed by atoms with van der Waals surface area (Å²) in [4.78, 5) is 4.43. The van der Waals surface area contributed by atoms with E-state index in [1.807, 2.05) is 26.1 Å². The zero-order chi connectivity index (χ0) is 12.8. The van der Waals surface area contributed by atoms with E-state index < -0.39 is 0 Å². The van der Waals surface area contributed by atoms with E-state index in [1.54, 1.807) is 0 Å². The maximum Gasteiger partial charge on any atom is 0.0894 e. The van der Waals surface area contributed by atoms with Gasteiger partial charge in [0.15, 0.2) is 0 Å². The summed E-state index contributed by atoms with van der Waals surface area (Å²) in [7, 11) is 0. The number of fused-ring (bicyclic) bond motifs is 1. The first-order chi connectivity index (χ1) is 8.86. The molecule has 3 nitrogen and oxygen atoms in total. The van der Waals surface area contributed by atoms with Gasteiger partial charge in [-0.1, -0.05) is 18.2 Å². The maximum absolute atomic E-state index is 5.52. The second-order valence-corrected chi connectivity index (χ2v) is 4.05. The fourth-order valence-electron chi connectivity index (χ4n) is 2.02. The topological polar surface area (TPSA) is 31.4 Å². The summed E-state index contributed by atoms with van der Waals surface area (Å²) >= 11 is 0. The molecule has 0 atom stereocenters. The molecule has 18 heavy (non-hydrogen) atoms. The number of hydrogen-bond acceptors (Lipinski definition) is 3. The minimum absolute atomic E-state index is 0.553. The van der Waals surface area contributed by atoms with E-state index in [9.17, 15) is 0 Å². The average molecular weight is 245 g/mol. The molecule has 1 aromatic carbocycles. The first-order valence-corrected chi connectivity index (χ1v) is 6.37. The molecular weight excluding hydrogens is 226 g/mol. The van der Waals surface area contributed by atoms with Crippen molar-refractivity contribution in [3.8, 4) is 0 Å². The number of ether oxygens (including phenoxy) is 2. The first kappa shape index (κ1) is 13.0. The molecule has 0 aliphatic carbocycles. The van der Waals surface area contributed by atoms with Gasteiger partial charge in [0.2, 0.25) is 0 Å². The SMILES string of the molecule is CCOCc1cccc2ccnc(COCC)c12. The summed E-state index contributed by atoms with van der Waals surface area (Å²) in [6, 6.07) is 8.28. The van der Waals surface area contributed by atoms with Gasteiger partial charge >= 0.3 is 0 Å². The van der Waals surface area contributed by atoms with Crippen LogP contribution in [0.4, 0.5) is 0 Å². The van der Waals surface area contributed by atoms with Crippen LogP contribution in [-0.2, 0) is 22.7 Å². The molecule has 1 heterocycles. The van der Waals surface area contributed by atoms with Gasteiger partial charge in [0.1, 0.15) is 0 Å². The minimum atomic E-state index is 0.553. The lowest BCUT2D eigenvalue weighted by Crippen LogP contribution is -2.00. The lowest BCUT2D eigenvalue weighted by molar-refractivity contribution is 0.130. The van der Waals surface area contributed by atoms with Gasteiger partial charge in [0, 0.05) is 24.8 Å². The van der Waals surface area contributed by atoms with Crippen LogP contribution in [0.1, 0.15) is 25.1 Å². The van der Waals surface area contributed by atoms with Crippen LogP contribution in [0.3, 0.4) is 0 Å². The largest absolute Gasteiger partial charge is 0.377 e. The third-order valence-corrected chi connectivity index (χ3v) is 2.86. The fourth-order valence-corrected chi connectivity index (χ4v) is 2.02. The number of benzene rings is 1. The van der Waals surface area contributed by atoms with E-state index in [2.05, 4.69) is 23.2 Å². The number of hydrogen-bond donors (Lipinski definition) is 0. The Morgan fingerprint density at radius 3 is 2.56 bits per heavy atom. The molecule has 2 aromatic rings. The molecule has 3 heteroatoms. The van der Waals surface area contributed by atoms with Crippen molar-refractivity contribution in [1.82, 2.24) is 4.98 Å². The van der Waals surface area contributed by atoms with Gasteiger partial charge in [-0.2, -0.15) is 0 Å². The van der Waals surface area contributed by atoms with E-state index >= 15 is 0 Å². The molecule has 0 saturated carbocycles. The minimum Gasteiger partial charge on any atom is -0.377 e. The Kier molecular flexibility index (Phi) is 4.67. The fraction of sp³-hybridized carbons (Fsp3) is 0.400. The summed E-state index contributed by atoms with van der Waals surface area (Å²) in [6.07, 6.45) is 1.83. The van der Waals surface area contributed by atoms with E-state index in [0.717, 1.165) is 12.3 Å². The van der Waals surface area contributed by atoms with E-state index in [4.69, 9.17) is 9.47 Å². The Labute approximate surface area is 108 Å². The Hall–Kier alpha value is -1.45. The quantitative estimate of drug-likeness (QED) is 0.782. The third-order valence-electron chi connectivity index (χ3n) is 2.86. The first-order valence-electron chi connectivity index (χ1n) is 6.37. The Balaban J connectivity index is 2.42. The highest BCUT2D eigenvalue weighted by atomic mass is 16.5. The number of aromatic nitrogens is 1. The van der Waals surface area contributed by atoms with Gasteiger partial charge in [0.25, 0.3) is 0 Å². The van der Waals surface area contributed by atoms with Crippen LogP contribution >= 0.6 is 0 Å². The lowest BCUT2D eigenvalue weighted by atomic mass is 10.0. The predicted octanol–water partition coefficient (Wildman–Crippen LogP) is 3.31. The third kappa shape index (κ3) is 2.86. The van der Waals surface area contributed by atoms with Gasteiger partial charge in [-0.15, -0.1) is 0 Å². The van der Waals surface area contributed by atoms with E-state index in [0.29, 0.717) is 19.8 Å². The predicted molar refractivity (Wildman–Crippen MR) is 72.4 cm³/mol. The van der Waals surface area contributed by atoms with Gasteiger partial charge in [-0.05, 0) is 30.9 Å². The molecule has 0 saturated heterocycles. The number of rotatable bonds is 6. The zero-order valence-corrected chi connectivity index (χ0v) is 11.0. The Morgan fingerprint density at radius 2 is 1.78 bits per heavy atom. The summed E-state index contributed by atoms with van der Waals surface area (Å²) < 4.78 is 11.0. The smallest absolute Gasteiger partial charge is 0.0894 e. The Bertz CT molecular complexity index is 468. The van der Waals surface area contributed by atoms with Crippen molar-refractivity contribution >= 4 is 10.8 Å². The summed E-state index contributed by atoms with van der Waals surface area (Å²) in [6.45, 7) is 6.59. The van der Waals surface area contributed by atoms with Crippen molar-refractivity contribution in [2.45, 2.75) is 27.1 Å². The molecule has 0 radical (unpaired) electrons. The lowest BCUT2D eigenvalue weighted by Gasteiger charge is -2.11. The summed E-state index contributed by atoms with van der Waals surface area (Å²) in [5, 5.41) is 2.36. The summed E-state index contributed by atoms with van der Waals surface area (Å²) in [5.41, 5.74) is 2.17. The van der Waals surface area contributed by atoms with Crippen molar-refractivity contribution in [1.29, 1.82) is 0 Å². The Morgan fingerprint density at radius 1 is 1.00 bits per heavy atom. The van der Waals surface area contributed by atoms with Crippen molar-refractivity contribution in [3.05, 3.63) is 41.7 Å². The molecule has 0 aliphatic rings. The van der Waals surface area contributed by atoms with E-state index in [-0.39, 0.29) is 0 Å². The van der Waals surface area contributed by atoms with Crippen molar-refractivity contribution in [3.63, 3.8) is 0 Å². The van der Waals surface area contributed by atoms with Gasteiger partial charge < -0.3 is 9.47 Å². The molecule has 0 bridgehead atoms. The van der Waals surface area contributed by atoms with Crippen LogP contribution in [0.25, 0.3) is 10.8 Å². The molecule has 0 spiro atoms. The van der Waals surface area contributed by atoms with Crippen LogP contribution in [-0.4, -0.2) is 18.2 Å². The van der Waals surface area contributed by atoms with Crippen molar-refractivity contribution in [2.75, 3.05) is 13.2 Å². The van der Waals surface area contributed by atoms with Gasteiger partial charge in [-0.25, -0.2) is 0 Å². The monoisotopic (exact) mass is 245 g/mol. The maximum atomic E-state index is 5.52. The average Bonchev–Trinajstić information content (AvgIpc) is 2.42. The normalized spacial score (nSPS) is 11.0. The highest BCUT2D eigenvalue weighted by Gasteiger charge is 2.07. The standard InChI is InChI=1S/C15H19NO2/c1-3-17-10-13-7-5-6-12-8-9-16-14(15(12)13)11-18-4-2/h5-9H,3-4,10-11H2,1-2H3. The molecule has 0 unspecified atom stereocenters. The van der Waals surface area contributed by atoms with Crippen LogP contribution in [0.15, 0.2) is 30.5 Å². The number of nitrogens with zero attached hydrogens (tertiary/aromatic N) is 1. The second kappa shape index (κ2) is 6.47. The molecule has 96 valence electrons. The van der Waals surface area contributed by atoms with Crippen LogP contribution in [0.2, 0.25) is 0 Å². The number of pyridine rings is 1. The molecule has 1 aromatic heterocycles. The molecule has 0 aliphatic heterocycles. The highest BCUT2D eigenvalue weighted by Crippen LogP contribution is 2.22. The van der Waals surface area contributed by atoms with Crippen LogP contribution < -0.4 is 0 Å². The van der Waals surface area contributed by atoms with E-state index in [1.165, 1.54) is 16.3 Å². The molecule has 0 N–H and O–H groups in total. The molecule has 0 amide bonds. The molecule has 2 rings (SSSR count). The van der Waals surface area contributed by atoms with Gasteiger partial charge in [0.05, 0.1) is 18.9 Å².